The average Bonchev–Trinajstić information content (AvgIpc) is 3.21. The van der Waals surface area contributed by atoms with Gasteiger partial charge in [-0.2, -0.15) is 5.10 Å². The largest absolute Gasteiger partial charge is 0.302 e. The van der Waals surface area contributed by atoms with Gasteiger partial charge in [0.1, 0.15) is 0 Å². The Morgan fingerprint density at radius 3 is 2.79 bits per heavy atom. The second kappa shape index (κ2) is 7.13. The predicted molar refractivity (Wildman–Crippen MR) is 113 cm³/mol. The fourth-order valence-electron chi connectivity index (χ4n) is 3.81. The number of carbonyl (C=O) groups excluding carboxylic acids is 1. The SMILES string of the molecule is CCc1ncc(-c2nn(C(C)C)c3c2CCc2nc(NC(C)=O)sc2-3)cc1C. The number of hydrogen-bond acceptors (Lipinski definition) is 5. The molecule has 3 aromatic heterocycles. The van der Waals surface area contributed by atoms with Crippen molar-refractivity contribution < 1.29 is 4.79 Å². The highest BCUT2D eigenvalue weighted by Crippen LogP contribution is 2.44. The molecule has 0 bridgehead atoms. The van der Waals surface area contributed by atoms with Crippen molar-refractivity contribution in [3.63, 3.8) is 0 Å². The van der Waals surface area contributed by atoms with E-state index in [1.165, 1.54) is 29.4 Å². The van der Waals surface area contributed by atoms with Crippen LogP contribution in [0.5, 0.6) is 0 Å². The molecule has 0 saturated heterocycles. The number of aryl methyl sites for hydroxylation is 3. The van der Waals surface area contributed by atoms with Gasteiger partial charge >= 0.3 is 0 Å². The maximum Gasteiger partial charge on any atom is 0.223 e. The second-order valence-corrected chi connectivity index (χ2v) is 8.53. The van der Waals surface area contributed by atoms with E-state index in [1.54, 1.807) is 0 Å². The van der Waals surface area contributed by atoms with Crippen molar-refractivity contribution >= 4 is 22.4 Å². The van der Waals surface area contributed by atoms with Gasteiger partial charge in [-0.15, -0.1) is 0 Å². The normalized spacial score (nSPS) is 12.8. The third kappa shape index (κ3) is 3.13. The first-order valence-electron chi connectivity index (χ1n) is 9.74. The van der Waals surface area contributed by atoms with Crippen molar-refractivity contribution in [1.29, 1.82) is 0 Å². The van der Waals surface area contributed by atoms with Crippen LogP contribution in [0.25, 0.3) is 21.8 Å². The van der Waals surface area contributed by atoms with Crippen molar-refractivity contribution in [2.24, 2.45) is 0 Å². The summed E-state index contributed by atoms with van der Waals surface area (Å²) < 4.78 is 2.10. The Morgan fingerprint density at radius 2 is 2.14 bits per heavy atom. The minimum absolute atomic E-state index is 0.0954. The van der Waals surface area contributed by atoms with Gasteiger partial charge in [0.15, 0.2) is 5.13 Å². The third-order valence-electron chi connectivity index (χ3n) is 5.10. The zero-order valence-electron chi connectivity index (χ0n) is 17.0. The molecule has 0 unspecified atom stereocenters. The van der Waals surface area contributed by atoms with Crippen LogP contribution < -0.4 is 5.32 Å². The highest BCUT2D eigenvalue weighted by molar-refractivity contribution is 7.19. The summed E-state index contributed by atoms with van der Waals surface area (Å²) in [6.45, 7) is 10.0. The molecule has 6 nitrogen and oxygen atoms in total. The van der Waals surface area contributed by atoms with Gasteiger partial charge in [0.25, 0.3) is 0 Å². The van der Waals surface area contributed by atoms with E-state index in [2.05, 4.69) is 53.7 Å². The van der Waals surface area contributed by atoms with Gasteiger partial charge in [0.2, 0.25) is 5.91 Å². The van der Waals surface area contributed by atoms with E-state index in [9.17, 15) is 4.79 Å². The van der Waals surface area contributed by atoms with Gasteiger partial charge in [-0.05, 0) is 51.7 Å². The van der Waals surface area contributed by atoms with E-state index in [0.29, 0.717) is 5.13 Å². The topological polar surface area (TPSA) is 72.7 Å². The van der Waals surface area contributed by atoms with Crippen molar-refractivity contribution in [2.75, 3.05) is 5.32 Å². The molecule has 0 spiro atoms. The second-order valence-electron chi connectivity index (χ2n) is 7.53. The molecule has 146 valence electrons. The zero-order valence-corrected chi connectivity index (χ0v) is 17.8. The third-order valence-corrected chi connectivity index (χ3v) is 6.12. The van der Waals surface area contributed by atoms with Crippen LogP contribution in [-0.2, 0) is 24.1 Å². The predicted octanol–water partition coefficient (Wildman–Crippen LogP) is 4.58. The van der Waals surface area contributed by atoms with Crippen molar-refractivity contribution in [3.8, 4) is 21.8 Å². The first-order valence-corrected chi connectivity index (χ1v) is 10.6. The lowest BCUT2D eigenvalue weighted by Crippen LogP contribution is -2.09. The highest BCUT2D eigenvalue weighted by Gasteiger charge is 2.30. The number of thiazole rings is 1. The van der Waals surface area contributed by atoms with Gasteiger partial charge in [-0.1, -0.05) is 18.3 Å². The zero-order chi connectivity index (χ0) is 20.0. The summed E-state index contributed by atoms with van der Waals surface area (Å²) in [6.07, 6.45) is 4.63. The maximum absolute atomic E-state index is 11.5. The van der Waals surface area contributed by atoms with Gasteiger partial charge < -0.3 is 5.32 Å². The highest BCUT2D eigenvalue weighted by atomic mass is 32.1. The fourth-order valence-corrected chi connectivity index (χ4v) is 4.93. The summed E-state index contributed by atoms with van der Waals surface area (Å²) in [4.78, 5) is 21.9. The monoisotopic (exact) mass is 395 g/mol. The summed E-state index contributed by atoms with van der Waals surface area (Å²) in [5.41, 5.74) is 7.86. The number of hydrogen-bond donors (Lipinski definition) is 1. The Kier molecular flexibility index (Phi) is 4.79. The summed E-state index contributed by atoms with van der Waals surface area (Å²) in [5, 5.41) is 8.48. The molecule has 7 heteroatoms. The van der Waals surface area contributed by atoms with Gasteiger partial charge in [0.05, 0.1) is 22.0 Å². The summed E-state index contributed by atoms with van der Waals surface area (Å²) >= 11 is 1.54. The maximum atomic E-state index is 11.5. The number of amides is 1. The van der Waals surface area contributed by atoms with Crippen molar-refractivity contribution in [3.05, 3.63) is 34.8 Å². The van der Waals surface area contributed by atoms with E-state index in [1.807, 2.05) is 6.20 Å². The quantitative estimate of drug-likeness (QED) is 0.702. The molecule has 4 rings (SSSR count). The number of pyridine rings is 1. The van der Waals surface area contributed by atoms with Crippen LogP contribution in [0.2, 0.25) is 0 Å². The summed E-state index contributed by atoms with van der Waals surface area (Å²) in [6, 6.07) is 2.42. The Bertz CT molecular complexity index is 1060. The molecular formula is C21H25N5OS. The van der Waals surface area contributed by atoms with Crippen LogP contribution in [-0.4, -0.2) is 25.7 Å². The number of fused-ring (bicyclic) bond motifs is 3. The molecule has 3 heterocycles. The molecule has 3 aromatic rings. The molecular weight excluding hydrogens is 370 g/mol. The Balaban J connectivity index is 1.87. The number of nitrogens with zero attached hydrogens (tertiary/aromatic N) is 4. The average molecular weight is 396 g/mol. The number of nitrogens with one attached hydrogen (secondary N) is 1. The molecule has 0 aromatic carbocycles. The molecule has 28 heavy (non-hydrogen) atoms. The van der Waals surface area contributed by atoms with Gasteiger partial charge in [0, 0.05) is 36.0 Å². The van der Waals surface area contributed by atoms with Crippen LogP contribution in [0.3, 0.4) is 0 Å². The van der Waals surface area contributed by atoms with Crippen molar-refractivity contribution in [1.82, 2.24) is 19.7 Å². The molecule has 0 aliphatic heterocycles. The first kappa shape index (κ1) is 18.8. The van der Waals surface area contributed by atoms with Crippen LogP contribution >= 0.6 is 11.3 Å². The van der Waals surface area contributed by atoms with Crippen LogP contribution in [0.15, 0.2) is 12.3 Å². The first-order chi connectivity index (χ1) is 13.4. The van der Waals surface area contributed by atoms with E-state index in [4.69, 9.17) is 5.10 Å². The fraction of sp³-hybridized carbons (Fsp3) is 0.429. The minimum atomic E-state index is -0.0954. The molecule has 0 atom stereocenters. The standard InChI is InChI=1S/C21H25N5OS/c1-6-16-12(4)9-14(10-22-16)18-15-7-8-17-20(19(15)26(25-18)11(2)3)28-21(24-17)23-13(5)27/h9-11H,6-8H2,1-5H3,(H,23,24,27). The van der Waals surface area contributed by atoms with Crippen LogP contribution in [0.1, 0.15) is 56.3 Å². The van der Waals surface area contributed by atoms with Gasteiger partial charge in [-0.3, -0.25) is 14.5 Å². The lowest BCUT2D eigenvalue weighted by molar-refractivity contribution is -0.114. The molecule has 1 amide bonds. The summed E-state index contributed by atoms with van der Waals surface area (Å²) in [5.74, 6) is -0.0954. The molecule has 0 fully saturated rings. The lowest BCUT2D eigenvalue weighted by Gasteiger charge is -2.16. The number of carbonyl (C=O) groups is 1. The number of aromatic nitrogens is 4. The minimum Gasteiger partial charge on any atom is -0.302 e. The molecule has 1 aliphatic rings. The summed E-state index contributed by atoms with van der Waals surface area (Å²) in [7, 11) is 0. The molecule has 1 aliphatic carbocycles. The smallest absolute Gasteiger partial charge is 0.223 e. The number of anilines is 1. The van der Waals surface area contributed by atoms with E-state index in [0.717, 1.165) is 52.5 Å². The lowest BCUT2D eigenvalue weighted by atomic mass is 9.95. The molecule has 1 N–H and O–H groups in total. The van der Waals surface area contributed by atoms with Gasteiger partial charge in [-0.25, -0.2) is 4.98 Å². The Morgan fingerprint density at radius 1 is 1.36 bits per heavy atom. The van der Waals surface area contributed by atoms with E-state index >= 15 is 0 Å². The van der Waals surface area contributed by atoms with Crippen LogP contribution in [0.4, 0.5) is 5.13 Å². The van der Waals surface area contributed by atoms with E-state index < -0.39 is 0 Å². The Labute approximate surface area is 169 Å². The number of rotatable bonds is 4. The van der Waals surface area contributed by atoms with E-state index in [-0.39, 0.29) is 11.9 Å². The molecule has 0 radical (unpaired) electrons. The molecule has 0 saturated carbocycles. The van der Waals surface area contributed by atoms with Crippen molar-refractivity contribution in [2.45, 2.75) is 59.9 Å². The van der Waals surface area contributed by atoms with Crippen LogP contribution in [0, 0.1) is 6.92 Å². The Hall–Kier alpha value is -2.54.